The highest BCUT2D eigenvalue weighted by molar-refractivity contribution is 7.24. The zero-order valence-corrected chi connectivity index (χ0v) is 13.6. The minimum absolute atomic E-state index is 0.627. The maximum atomic E-state index is 9.30. The first-order valence-electron chi connectivity index (χ1n) is 6.76. The predicted octanol–water partition coefficient (Wildman–Crippen LogP) is 5.15. The van der Waals surface area contributed by atoms with Crippen molar-refractivity contribution >= 4 is 39.7 Å². The molecule has 0 bridgehead atoms. The van der Waals surface area contributed by atoms with Crippen molar-refractivity contribution in [3.05, 3.63) is 38.9 Å². The van der Waals surface area contributed by atoms with Gasteiger partial charge in [0.25, 0.3) is 0 Å². The number of fused-ring (bicyclic) bond motifs is 1. The lowest BCUT2D eigenvalue weighted by molar-refractivity contribution is 0.915. The van der Waals surface area contributed by atoms with Gasteiger partial charge in [0.05, 0.1) is 10.6 Å². The van der Waals surface area contributed by atoms with Crippen molar-refractivity contribution in [1.29, 1.82) is 5.26 Å². The Morgan fingerprint density at radius 1 is 1.19 bits per heavy atom. The Labute approximate surface area is 135 Å². The van der Waals surface area contributed by atoms with E-state index in [1.807, 2.05) is 17.4 Å². The van der Waals surface area contributed by atoms with E-state index in [1.165, 1.54) is 45.9 Å². The van der Waals surface area contributed by atoms with Crippen LogP contribution in [0.3, 0.4) is 0 Å². The summed E-state index contributed by atoms with van der Waals surface area (Å²) in [6.45, 7) is 0. The molecule has 21 heavy (non-hydrogen) atoms. The zero-order valence-electron chi connectivity index (χ0n) is 11.2. The van der Waals surface area contributed by atoms with Crippen LogP contribution in [0.25, 0.3) is 20.2 Å². The lowest BCUT2D eigenvalue weighted by Crippen LogP contribution is -1.87. The Bertz CT molecular complexity index is 826. The van der Waals surface area contributed by atoms with Crippen molar-refractivity contribution in [3.8, 4) is 26.3 Å². The molecule has 104 valence electrons. The molecule has 0 amide bonds. The van der Waals surface area contributed by atoms with Crippen molar-refractivity contribution in [2.75, 3.05) is 5.73 Å². The van der Waals surface area contributed by atoms with Gasteiger partial charge in [-0.25, -0.2) is 0 Å². The Kier molecular flexibility index (Phi) is 3.11. The largest absolute Gasteiger partial charge is 0.396 e. The number of rotatable bonds is 2. The average molecular weight is 328 g/mol. The Morgan fingerprint density at radius 2 is 2.10 bits per heavy atom. The van der Waals surface area contributed by atoms with E-state index in [0.29, 0.717) is 10.6 Å². The van der Waals surface area contributed by atoms with Crippen molar-refractivity contribution < 1.29 is 0 Å². The number of nitriles is 1. The first-order chi connectivity index (χ1) is 10.3. The fraction of sp³-hybridized carbons (Fsp3) is 0.188. The topological polar surface area (TPSA) is 49.8 Å². The van der Waals surface area contributed by atoms with Gasteiger partial charge in [0.15, 0.2) is 0 Å². The third kappa shape index (κ3) is 2.03. The van der Waals surface area contributed by atoms with E-state index in [9.17, 15) is 5.26 Å². The Balaban J connectivity index is 1.93. The van der Waals surface area contributed by atoms with Crippen LogP contribution >= 0.6 is 34.0 Å². The molecule has 3 aromatic heterocycles. The molecule has 5 heteroatoms. The van der Waals surface area contributed by atoms with Gasteiger partial charge in [-0.2, -0.15) is 5.26 Å². The molecule has 0 spiro atoms. The molecule has 4 rings (SSSR count). The molecule has 3 heterocycles. The Hall–Kier alpha value is -1.61. The summed E-state index contributed by atoms with van der Waals surface area (Å²) in [5, 5.41) is 11.4. The smallest absolute Gasteiger partial charge is 0.129 e. The minimum atomic E-state index is 0.627. The van der Waals surface area contributed by atoms with Gasteiger partial charge in [0.1, 0.15) is 10.9 Å². The van der Waals surface area contributed by atoms with Gasteiger partial charge in [0, 0.05) is 20.2 Å². The quantitative estimate of drug-likeness (QED) is 0.707. The molecule has 1 aliphatic carbocycles. The number of anilines is 1. The van der Waals surface area contributed by atoms with E-state index in [4.69, 9.17) is 5.73 Å². The highest BCUT2D eigenvalue weighted by Crippen LogP contribution is 2.49. The van der Waals surface area contributed by atoms with Crippen LogP contribution in [0.15, 0.2) is 23.6 Å². The summed E-state index contributed by atoms with van der Waals surface area (Å²) in [5.74, 6) is 0. The summed E-state index contributed by atoms with van der Waals surface area (Å²) in [6.07, 6.45) is 3.65. The standard InChI is InChI=1S/C16H12N2S3/c17-8-13-15(18)14(11-5-2-6-19-11)16(21-13)12-7-9-3-1-4-10(9)20-12/h2,5-7H,1,3-4,18H2. The molecule has 2 nitrogen and oxygen atoms in total. The molecule has 0 aliphatic heterocycles. The van der Waals surface area contributed by atoms with Gasteiger partial charge in [-0.3, -0.25) is 0 Å². The molecule has 0 saturated carbocycles. The van der Waals surface area contributed by atoms with Gasteiger partial charge in [-0.05, 0) is 42.3 Å². The second kappa shape index (κ2) is 4.99. The number of nitrogens with two attached hydrogens (primary N) is 1. The molecule has 0 unspecified atom stereocenters. The fourth-order valence-electron chi connectivity index (χ4n) is 2.81. The monoisotopic (exact) mass is 328 g/mol. The van der Waals surface area contributed by atoms with Crippen molar-refractivity contribution in [2.24, 2.45) is 0 Å². The molecular formula is C16H12N2S3. The van der Waals surface area contributed by atoms with Crippen molar-refractivity contribution in [2.45, 2.75) is 19.3 Å². The number of thiophene rings is 3. The summed E-state index contributed by atoms with van der Waals surface area (Å²) in [5.41, 5.74) is 9.40. The molecule has 0 radical (unpaired) electrons. The van der Waals surface area contributed by atoms with E-state index in [2.05, 4.69) is 23.6 Å². The van der Waals surface area contributed by atoms with E-state index in [1.54, 1.807) is 11.3 Å². The van der Waals surface area contributed by atoms with Crippen molar-refractivity contribution in [1.82, 2.24) is 0 Å². The molecule has 0 fully saturated rings. The third-order valence-electron chi connectivity index (χ3n) is 3.78. The van der Waals surface area contributed by atoms with Gasteiger partial charge in [-0.1, -0.05) is 6.07 Å². The third-order valence-corrected chi connectivity index (χ3v) is 7.20. The van der Waals surface area contributed by atoms with Crippen LogP contribution in [0.2, 0.25) is 0 Å². The van der Waals surface area contributed by atoms with Gasteiger partial charge >= 0.3 is 0 Å². The maximum Gasteiger partial charge on any atom is 0.129 e. The van der Waals surface area contributed by atoms with Crippen LogP contribution in [0.1, 0.15) is 21.7 Å². The maximum absolute atomic E-state index is 9.30. The second-order valence-corrected chi connectivity index (χ2v) is 8.16. The summed E-state index contributed by atoms with van der Waals surface area (Å²) in [6, 6.07) is 8.65. The van der Waals surface area contributed by atoms with Crippen molar-refractivity contribution in [3.63, 3.8) is 0 Å². The van der Waals surface area contributed by atoms with Crippen LogP contribution in [-0.4, -0.2) is 0 Å². The fourth-order valence-corrected chi connectivity index (χ4v) is 6.06. The van der Waals surface area contributed by atoms with E-state index in [0.717, 1.165) is 15.3 Å². The van der Waals surface area contributed by atoms with E-state index >= 15 is 0 Å². The number of nitrogens with zero attached hydrogens (tertiary/aromatic N) is 1. The van der Waals surface area contributed by atoms with Gasteiger partial charge in [-0.15, -0.1) is 34.0 Å². The average Bonchev–Trinajstić information content (AvgIpc) is 3.20. The molecule has 0 aromatic carbocycles. The van der Waals surface area contributed by atoms with Crippen LogP contribution in [-0.2, 0) is 12.8 Å². The number of nitrogen functional groups attached to an aromatic ring is 1. The van der Waals surface area contributed by atoms with Crippen LogP contribution in [0.4, 0.5) is 5.69 Å². The molecule has 0 saturated heterocycles. The first-order valence-corrected chi connectivity index (χ1v) is 9.27. The molecular weight excluding hydrogens is 316 g/mol. The summed E-state index contributed by atoms with van der Waals surface area (Å²) >= 11 is 5.07. The SMILES string of the molecule is N#Cc1sc(-c2cc3c(s2)CCC3)c(-c2cccs2)c1N. The lowest BCUT2D eigenvalue weighted by Gasteiger charge is -2.01. The van der Waals surface area contributed by atoms with E-state index in [-0.39, 0.29) is 0 Å². The van der Waals surface area contributed by atoms with Gasteiger partial charge in [0.2, 0.25) is 0 Å². The molecule has 2 N–H and O–H groups in total. The number of aryl methyl sites for hydroxylation is 2. The number of hydrogen-bond donors (Lipinski definition) is 1. The number of hydrogen-bond acceptors (Lipinski definition) is 5. The van der Waals surface area contributed by atoms with Crippen LogP contribution in [0.5, 0.6) is 0 Å². The second-order valence-electron chi connectivity index (χ2n) is 5.05. The molecule has 1 aliphatic rings. The lowest BCUT2D eigenvalue weighted by atomic mass is 10.1. The highest BCUT2D eigenvalue weighted by Gasteiger charge is 2.23. The summed E-state index contributed by atoms with van der Waals surface area (Å²) in [7, 11) is 0. The molecule has 0 atom stereocenters. The zero-order chi connectivity index (χ0) is 14.4. The summed E-state index contributed by atoms with van der Waals surface area (Å²) in [4.78, 5) is 5.70. The van der Waals surface area contributed by atoms with Gasteiger partial charge < -0.3 is 5.73 Å². The normalized spacial score (nSPS) is 13.3. The van der Waals surface area contributed by atoms with E-state index < -0.39 is 0 Å². The molecule has 3 aromatic rings. The summed E-state index contributed by atoms with van der Waals surface area (Å²) < 4.78 is 0. The Morgan fingerprint density at radius 3 is 2.81 bits per heavy atom. The highest BCUT2D eigenvalue weighted by atomic mass is 32.1. The predicted molar refractivity (Wildman–Crippen MR) is 92.1 cm³/mol. The van der Waals surface area contributed by atoms with Crippen LogP contribution in [0, 0.1) is 11.3 Å². The van der Waals surface area contributed by atoms with Crippen LogP contribution < -0.4 is 5.73 Å². The first kappa shape index (κ1) is 13.1. The minimum Gasteiger partial charge on any atom is -0.396 e.